The number of ether oxygens (including phenoxy) is 3. The Morgan fingerprint density at radius 1 is 1.00 bits per heavy atom. The molecule has 2 aliphatic heterocycles. The van der Waals surface area contributed by atoms with Crippen LogP contribution >= 0.6 is 0 Å². The Bertz CT molecular complexity index is 1010. The topological polar surface area (TPSA) is 56.4 Å². The van der Waals surface area contributed by atoms with Crippen LogP contribution in [-0.4, -0.2) is 24.9 Å². The summed E-state index contributed by atoms with van der Waals surface area (Å²) in [7, 11) is 3.32. The highest BCUT2D eigenvalue weighted by atomic mass is 16.5. The van der Waals surface area contributed by atoms with Crippen LogP contribution in [0.3, 0.4) is 0 Å². The van der Waals surface area contributed by atoms with E-state index in [1.54, 1.807) is 20.5 Å². The zero-order valence-electron chi connectivity index (χ0n) is 15.7. The normalized spacial score (nSPS) is 20.1. The van der Waals surface area contributed by atoms with E-state index in [0.717, 1.165) is 46.3 Å². The van der Waals surface area contributed by atoms with Gasteiger partial charge in [-0.3, -0.25) is 0 Å². The van der Waals surface area contributed by atoms with Crippen LogP contribution in [0.2, 0.25) is 0 Å². The van der Waals surface area contributed by atoms with Crippen LogP contribution in [0.25, 0.3) is 0 Å². The fraction of sp³-hybridized carbons (Fsp3) is 0.227. The first-order valence-electron chi connectivity index (χ1n) is 9.15. The molecule has 142 valence electrons. The van der Waals surface area contributed by atoms with Gasteiger partial charge in [-0.25, -0.2) is 5.01 Å². The van der Waals surface area contributed by atoms with E-state index in [-0.39, 0.29) is 12.3 Å². The lowest BCUT2D eigenvalue weighted by Gasteiger charge is -2.38. The molecule has 0 N–H and O–H groups in total. The van der Waals surface area contributed by atoms with E-state index in [1.807, 2.05) is 53.5 Å². The molecule has 2 atom stereocenters. The lowest BCUT2D eigenvalue weighted by Crippen LogP contribution is -2.33. The van der Waals surface area contributed by atoms with E-state index in [4.69, 9.17) is 23.7 Å². The van der Waals surface area contributed by atoms with E-state index in [2.05, 4.69) is 6.07 Å². The molecule has 2 aliphatic rings. The van der Waals surface area contributed by atoms with Gasteiger partial charge in [0, 0.05) is 17.5 Å². The largest absolute Gasteiger partial charge is 0.497 e. The highest BCUT2D eigenvalue weighted by Gasteiger charge is 2.42. The number of hydrazone groups is 1. The molecule has 6 nitrogen and oxygen atoms in total. The predicted octanol–water partition coefficient (Wildman–Crippen LogP) is 4.54. The third kappa shape index (κ3) is 2.60. The molecule has 0 amide bonds. The zero-order chi connectivity index (χ0) is 19.1. The van der Waals surface area contributed by atoms with Crippen LogP contribution in [0, 0.1) is 0 Å². The summed E-state index contributed by atoms with van der Waals surface area (Å²) in [6.45, 7) is 0. The maximum absolute atomic E-state index is 6.42. The SMILES string of the molecule is COc1ccc([C@H]2Oc3c(OC)cccc3[C@@H]3CC(c4ccco4)=NN23)cc1. The minimum absolute atomic E-state index is 0.0473. The third-order valence-electron chi connectivity index (χ3n) is 5.21. The second-order valence-electron chi connectivity index (χ2n) is 6.75. The van der Waals surface area contributed by atoms with Gasteiger partial charge in [0.25, 0.3) is 0 Å². The van der Waals surface area contributed by atoms with Gasteiger partial charge < -0.3 is 18.6 Å². The summed E-state index contributed by atoms with van der Waals surface area (Å²) in [5.74, 6) is 3.08. The molecule has 3 heterocycles. The van der Waals surface area contributed by atoms with Gasteiger partial charge in [-0.1, -0.05) is 12.1 Å². The number of para-hydroxylation sites is 1. The Morgan fingerprint density at radius 2 is 1.86 bits per heavy atom. The Balaban J connectivity index is 1.61. The van der Waals surface area contributed by atoms with Crippen molar-refractivity contribution < 1.29 is 18.6 Å². The summed E-state index contributed by atoms with van der Waals surface area (Å²) in [6, 6.07) is 17.7. The maximum Gasteiger partial charge on any atom is 0.214 e. The van der Waals surface area contributed by atoms with Gasteiger partial charge in [-0.15, -0.1) is 0 Å². The molecule has 6 heteroatoms. The monoisotopic (exact) mass is 376 g/mol. The van der Waals surface area contributed by atoms with Crippen LogP contribution in [0.1, 0.15) is 35.6 Å². The van der Waals surface area contributed by atoms with Crippen molar-refractivity contribution in [1.29, 1.82) is 0 Å². The van der Waals surface area contributed by atoms with Crippen LogP contribution in [-0.2, 0) is 0 Å². The molecule has 0 aliphatic carbocycles. The Morgan fingerprint density at radius 3 is 2.57 bits per heavy atom. The number of furan rings is 1. The molecule has 5 rings (SSSR count). The van der Waals surface area contributed by atoms with Crippen molar-refractivity contribution in [3.05, 3.63) is 77.7 Å². The zero-order valence-corrected chi connectivity index (χ0v) is 15.7. The Kier molecular flexibility index (Phi) is 3.97. The average molecular weight is 376 g/mol. The molecule has 3 aromatic rings. The number of hydrogen-bond acceptors (Lipinski definition) is 6. The highest BCUT2D eigenvalue weighted by molar-refractivity contribution is 5.99. The Labute approximate surface area is 162 Å². The quantitative estimate of drug-likeness (QED) is 0.669. The van der Waals surface area contributed by atoms with Crippen LogP contribution in [0.4, 0.5) is 0 Å². The number of methoxy groups -OCH3 is 2. The first-order chi connectivity index (χ1) is 13.8. The lowest BCUT2D eigenvalue weighted by atomic mass is 9.97. The van der Waals surface area contributed by atoms with Crippen molar-refractivity contribution in [1.82, 2.24) is 5.01 Å². The molecule has 0 saturated carbocycles. The van der Waals surface area contributed by atoms with Gasteiger partial charge in [0.15, 0.2) is 11.5 Å². The molecule has 1 aromatic heterocycles. The number of rotatable bonds is 4. The molecule has 0 radical (unpaired) electrons. The van der Waals surface area contributed by atoms with E-state index in [1.165, 1.54) is 0 Å². The number of hydrogen-bond donors (Lipinski definition) is 0. The van der Waals surface area contributed by atoms with Gasteiger partial charge in [-0.05, 0) is 42.5 Å². The maximum atomic E-state index is 6.42. The standard InChI is InChI=1S/C22H20N2O4/c1-25-15-10-8-14(9-11-15)22-24-18(13-17(23-24)19-7-4-12-27-19)16-5-3-6-20(26-2)21(16)28-22/h3-12,18,22H,13H2,1-2H3/t18-,22+/m0/s1. The van der Waals surface area contributed by atoms with E-state index < -0.39 is 0 Å². The first-order valence-corrected chi connectivity index (χ1v) is 9.15. The molecule has 0 unspecified atom stereocenters. The second kappa shape index (κ2) is 6.64. The third-order valence-corrected chi connectivity index (χ3v) is 5.21. The van der Waals surface area contributed by atoms with Crippen molar-refractivity contribution in [3.8, 4) is 17.2 Å². The minimum atomic E-state index is -0.368. The van der Waals surface area contributed by atoms with Gasteiger partial charge in [-0.2, -0.15) is 5.10 Å². The number of nitrogens with zero attached hydrogens (tertiary/aromatic N) is 2. The molecule has 0 spiro atoms. The Hall–Kier alpha value is -3.41. The predicted molar refractivity (Wildman–Crippen MR) is 104 cm³/mol. The van der Waals surface area contributed by atoms with E-state index in [0.29, 0.717) is 0 Å². The van der Waals surface area contributed by atoms with Crippen molar-refractivity contribution in [2.45, 2.75) is 18.7 Å². The molecule has 28 heavy (non-hydrogen) atoms. The molecule has 0 bridgehead atoms. The highest BCUT2D eigenvalue weighted by Crippen LogP contribution is 2.50. The summed E-state index contributed by atoms with van der Waals surface area (Å²) in [4.78, 5) is 0. The van der Waals surface area contributed by atoms with E-state index in [9.17, 15) is 0 Å². The average Bonchev–Trinajstić information content (AvgIpc) is 3.42. The second-order valence-corrected chi connectivity index (χ2v) is 6.75. The van der Waals surface area contributed by atoms with Gasteiger partial charge in [0.05, 0.1) is 26.5 Å². The van der Waals surface area contributed by atoms with Crippen molar-refractivity contribution >= 4 is 5.71 Å². The van der Waals surface area contributed by atoms with Gasteiger partial charge in [0.2, 0.25) is 6.23 Å². The molecular weight excluding hydrogens is 356 g/mol. The number of benzene rings is 2. The summed E-state index contributed by atoms with van der Waals surface area (Å²) in [6.07, 6.45) is 2.04. The molecular formula is C22H20N2O4. The van der Waals surface area contributed by atoms with E-state index >= 15 is 0 Å². The van der Waals surface area contributed by atoms with Crippen molar-refractivity contribution in [3.63, 3.8) is 0 Å². The van der Waals surface area contributed by atoms with Crippen molar-refractivity contribution in [2.75, 3.05) is 14.2 Å². The van der Waals surface area contributed by atoms with Crippen molar-refractivity contribution in [2.24, 2.45) is 5.10 Å². The van der Waals surface area contributed by atoms with Crippen LogP contribution in [0.15, 0.2) is 70.4 Å². The van der Waals surface area contributed by atoms with Crippen LogP contribution < -0.4 is 14.2 Å². The fourth-order valence-corrected chi connectivity index (χ4v) is 3.82. The van der Waals surface area contributed by atoms with Gasteiger partial charge in [0.1, 0.15) is 17.2 Å². The summed E-state index contributed by atoms with van der Waals surface area (Å²) >= 11 is 0. The molecule has 2 aromatic carbocycles. The summed E-state index contributed by atoms with van der Waals surface area (Å²) in [5, 5.41) is 6.88. The first kappa shape index (κ1) is 16.7. The van der Waals surface area contributed by atoms with Gasteiger partial charge >= 0.3 is 0 Å². The fourth-order valence-electron chi connectivity index (χ4n) is 3.82. The lowest BCUT2D eigenvalue weighted by molar-refractivity contribution is -0.0209. The van der Waals surface area contributed by atoms with Crippen LogP contribution in [0.5, 0.6) is 17.2 Å². The molecule has 0 fully saturated rings. The summed E-state index contributed by atoms with van der Waals surface area (Å²) in [5.41, 5.74) is 2.97. The summed E-state index contributed by atoms with van der Waals surface area (Å²) < 4.78 is 22.9. The minimum Gasteiger partial charge on any atom is -0.497 e. The number of fused-ring (bicyclic) bond motifs is 3. The molecule has 0 saturated heterocycles. The smallest absolute Gasteiger partial charge is 0.214 e.